The van der Waals surface area contributed by atoms with Crippen molar-refractivity contribution in [1.82, 2.24) is 4.90 Å². The van der Waals surface area contributed by atoms with Gasteiger partial charge in [0.05, 0.1) is 6.04 Å². The predicted octanol–water partition coefficient (Wildman–Crippen LogP) is 0.531. The minimum atomic E-state index is 0.243. The van der Waals surface area contributed by atoms with Gasteiger partial charge in [0.15, 0.2) is 0 Å². The Kier molecular flexibility index (Phi) is 2.65. The van der Waals surface area contributed by atoms with Crippen molar-refractivity contribution < 1.29 is 4.79 Å². The normalized spacial score (nSPS) is 32.7. The van der Waals surface area contributed by atoms with Gasteiger partial charge in [-0.1, -0.05) is 0 Å². The van der Waals surface area contributed by atoms with Gasteiger partial charge in [0, 0.05) is 25.6 Å². The third kappa shape index (κ3) is 1.92. The number of rotatable bonds is 1. The van der Waals surface area contributed by atoms with E-state index in [9.17, 15) is 4.79 Å². The maximum absolute atomic E-state index is 11.5. The van der Waals surface area contributed by atoms with E-state index in [-0.39, 0.29) is 6.04 Å². The van der Waals surface area contributed by atoms with Crippen LogP contribution < -0.4 is 5.73 Å². The third-order valence-electron chi connectivity index (χ3n) is 3.29. The fourth-order valence-electron chi connectivity index (χ4n) is 2.41. The second-order valence-electron chi connectivity index (χ2n) is 4.25. The second kappa shape index (κ2) is 3.76. The molecule has 0 amide bonds. The Morgan fingerprint density at radius 1 is 1.23 bits per heavy atom. The van der Waals surface area contributed by atoms with Gasteiger partial charge in [0.1, 0.15) is 5.78 Å². The minimum absolute atomic E-state index is 0.243. The summed E-state index contributed by atoms with van der Waals surface area (Å²) in [4.78, 5) is 13.8. The number of nitrogens with zero attached hydrogens (tertiary/aromatic N) is 1. The van der Waals surface area contributed by atoms with E-state index in [0.29, 0.717) is 11.8 Å². The summed E-state index contributed by atoms with van der Waals surface area (Å²) in [6.07, 6.45) is 5.08. The highest BCUT2D eigenvalue weighted by atomic mass is 16.1. The Balaban J connectivity index is 1.90. The predicted molar refractivity (Wildman–Crippen MR) is 51.4 cm³/mol. The molecule has 3 nitrogen and oxygen atoms in total. The van der Waals surface area contributed by atoms with Crippen LogP contribution in [-0.2, 0) is 4.79 Å². The van der Waals surface area contributed by atoms with Crippen LogP contribution in [0.2, 0.25) is 0 Å². The largest absolute Gasteiger partial charge is 0.328 e. The van der Waals surface area contributed by atoms with E-state index in [1.54, 1.807) is 0 Å². The van der Waals surface area contributed by atoms with Crippen LogP contribution in [0, 0.1) is 0 Å². The second-order valence-corrected chi connectivity index (χ2v) is 4.25. The lowest BCUT2D eigenvalue weighted by Gasteiger charge is -2.33. The number of ketones is 1. The van der Waals surface area contributed by atoms with E-state index in [1.807, 2.05) is 0 Å². The monoisotopic (exact) mass is 182 g/mol. The Labute approximate surface area is 79.3 Å². The lowest BCUT2D eigenvalue weighted by molar-refractivity contribution is -0.122. The van der Waals surface area contributed by atoms with Crippen molar-refractivity contribution >= 4 is 5.78 Å². The Morgan fingerprint density at radius 2 is 1.92 bits per heavy atom. The van der Waals surface area contributed by atoms with Gasteiger partial charge in [0.2, 0.25) is 0 Å². The zero-order chi connectivity index (χ0) is 9.26. The summed E-state index contributed by atoms with van der Waals surface area (Å²) in [7, 11) is 0. The van der Waals surface area contributed by atoms with Crippen molar-refractivity contribution in [3.8, 4) is 0 Å². The zero-order valence-electron chi connectivity index (χ0n) is 8.04. The Bertz CT molecular complexity index is 197. The van der Waals surface area contributed by atoms with Gasteiger partial charge in [-0.05, 0) is 25.7 Å². The van der Waals surface area contributed by atoms with Gasteiger partial charge in [-0.2, -0.15) is 0 Å². The van der Waals surface area contributed by atoms with E-state index in [1.165, 1.54) is 0 Å². The topological polar surface area (TPSA) is 46.3 Å². The lowest BCUT2D eigenvalue weighted by atomic mass is 10.0. The van der Waals surface area contributed by atoms with E-state index in [4.69, 9.17) is 5.73 Å². The van der Waals surface area contributed by atoms with Crippen LogP contribution in [-0.4, -0.2) is 35.9 Å². The summed E-state index contributed by atoms with van der Waals surface area (Å²) in [5.41, 5.74) is 5.82. The van der Waals surface area contributed by atoms with Crippen LogP contribution in [0.4, 0.5) is 0 Å². The minimum Gasteiger partial charge on any atom is -0.328 e. The average Bonchev–Trinajstić information content (AvgIpc) is 2.53. The molecule has 1 saturated heterocycles. The first kappa shape index (κ1) is 9.16. The molecule has 74 valence electrons. The number of hydrogen-bond donors (Lipinski definition) is 1. The van der Waals surface area contributed by atoms with Crippen LogP contribution in [0.25, 0.3) is 0 Å². The molecule has 3 heteroatoms. The van der Waals surface area contributed by atoms with Gasteiger partial charge in [-0.3, -0.25) is 9.69 Å². The third-order valence-corrected chi connectivity index (χ3v) is 3.29. The van der Waals surface area contributed by atoms with Gasteiger partial charge in [0.25, 0.3) is 0 Å². The summed E-state index contributed by atoms with van der Waals surface area (Å²) in [6.45, 7) is 2.05. The van der Waals surface area contributed by atoms with E-state index in [0.717, 1.165) is 45.2 Å². The van der Waals surface area contributed by atoms with Crippen molar-refractivity contribution in [2.75, 3.05) is 13.1 Å². The summed E-state index contributed by atoms with van der Waals surface area (Å²) in [5, 5.41) is 0. The molecular formula is C10H18N2O. The molecule has 0 radical (unpaired) electrons. The average molecular weight is 182 g/mol. The van der Waals surface area contributed by atoms with E-state index in [2.05, 4.69) is 4.90 Å². The highest BCUT2D eigenvalue weighted by Crippen LogP contribution is 2.23. The van der Waals surface area contributed by atoms with Crippen LogP contribution >= 0.6 is 0 Å². The molecule has 0 spiro atoms. The van der Waals surface area contributed by atoms with Crippen LogP contribution in [0.3, 0.4) is 0 Å². The highest BCUT2D eigenvalue weighted by Gasteiger charge is 2.31. The molecule has 0 bridgehead atoms. The highest BCUT2D eigenvalue weighted by molar-refractivity contribution is 5.85. The quantitative estimate of drug-likeness (QED) is 0.643. The Hall–Kier alpha value is -0.410. The maximum Gasteiger partial charge on any atom is 0.149 e. The number of carbonyl (C=O) groups is 1. The van der Waals surface area contributed by atoms with Gasteiger partial charge in [-0.25, -0.2) is 0 Å². The van der Waals surface area contributed by atoms with Gasteiger partial charge >= 0.3 is 0 Å². The SMILES string of the molecule is NC1CCN(C2CCCC2=O)CC1. The molecule has 1 aliphatic carbocycles. The van der Waals surface area contributed by atoms with Gasteiger partial charge < -0.3 is 5.73 Å². The molecule has 0 aromatic heterocycles. The molecule has 2 N–H and O–H groups in total. The molecule has 1 atom stereocenters. The van der Waals surface area contributed by atoms with Crippen molar-refractivity contribution in [2.45, 2.75) is 44.2 Å². The molecular weight excluding hydrogens is 164 g/mol. The smallest absolute Gasteiger partial charge is 0.149 e. The summed E-state index contributed by atoms with van der Waals surface area (Å²) >= 11 is 0. The molecule has 2 aliphatic rings. The van der Waals surface area contributed by atoms with E-state index < -0.39 is 0 Å². The number of piperidine rings is 1. The summed E-state index contributed by atoms with van der Waals surface area (Å²) < 4.78 is 0. The molecule has 0 aromatic carbocycles. The molecule has 1 aliphatic heterocycles. The van der Waals surface area contributed by atoms with Crippen LogP contribution in [0.1, 0.15) is 32.1 Å². The maximum atomic E-state index is 11.5. The Morgan fingerprint density at radius 3 is 2.46 bits per heavy atom. The summed E-state index contributed by atoms with van der Waals surface area (Å²) in [6, 6.07) is 0.611. The fourth-order valence-corrected chi connectivity index (χ4v) is 2.41. The molecule has 1 unspecified atom stereocenters. The van der Waals surface area contributed by atoms with Crippen molar-refractivity contribution in [3.05, 3.63) is 0 Å². The first-order valence-electron chi connectivity index (χ1n) is 5.30. The number of likely N-dealkylation sites (tertiary alicyclic amines) is 1. The molecule has 0 aromatic rings. The molecule has 1 saturated carbocycles. The number of hydrogen-bond acceptors (Lipinski definition) is 3. The van der Waals surface area contributed by atoms with E-state index >= 15 is 0 Å². The van der Waals surface area contributed by atoms with Crippen molar-refractivity contribution in [1.29, 1.82) is 0 Å². The molecule has 1 heterocycles. The fraction of sp³-hybridized carbons (Fsp3) is 0.900. The number of carbonyl (C=O) groups excluding carboxylic acids is 1. The van der Waals surface area contributed by atoms with Crippen molar-refractivity contribution in [2.24, 2.45) is 5.73 Å². The first-order chi connectivity index (χ1) is 6.27. The number of nitrogens with two attached hydrogens (primary N) is 1. The lowest BCUT2D eigenvalue weighted by Crippen LogP contribution is -2.46. The summed E-state index contributed by atoms with van der Waals surface area (Å²) in [5.74, 6) is 0.454. The van der Waals surface area contributed by atoms with Gasteiger partial charge in [-0.15, -0.1) is 0 Å². The first-order valence-corrected chi connectivity index (χ1v) is 5.30. The van der Waals surface area contributed by atoms with Crippen LogP contribution in [0.5, 0.6) is 0 Å². The molecule has 13 heavy (non-hydrogen) atoms. The molecule has 2 rings (SSSR count). The molecule has 2 fully saturated rings. The standard InChI is InChI=1S/C10H18N2O/c11-8-4-6-12(7-5-8)9-2-1-3-10(9)13/h8-9H,1-7,11H2. The van der Waals surface area contributed by atoms with Crippen LogP contribution in [0.15, 0.2) is 0 Å². The van der Waals surface area contributed by atoms with Crippen molar-refractivity contribution in [3.63, 3.8) is 0 Å². The number of Topliss-reactive ketones (excluding diaryl/α,β-unsaturated/α-hetero) is 1. The zero-order valence-corrected chi connectivity index (χ0v) is 8.04.